The van der Waals surface area contributed by atoms with Crippen LogP contribution in [0, 0.1) is 12.8 Å². The summed E-state index contributed by atoms with van der Waals surface area (Å²) in [6.07, 6.45) is -0.0251. The fourth-order valence-electron chi connectivity index (χ4n) is 5.47. The van der Waals surface area contributed by atoms with E-state index in [-0.39, 0.29) is 29.8 Å². The summed E-state index contributed by atoms with van der Waals surface area (Å²) in [7, 11) is 0. The fraction of sp³-hybridized carbons (Fsp3) is 0.400. The van der Waals surface area contributed by atoms with Crippen molar-refractivity contribution in [1.29, 1.82) is 0 Å². The number of pyridine rings is 1. The Morgan fingerprint density at radius 1 is 0.978 bits per heavy atom. The minimum absolute atomic E-state index is 0.146. The molecule has 2 aromatic carbocycles. The highest BCUT2D eigenvalue weighted by Gasteiger charge is 2.50. The summed E-state index contributed by atoms with van der Waals surface area (Å²) in [5, 5.41) is 20.2. The van der Waals surface area contributed by atoms with E-state index in [1.807, 2.05) is 75.4 Å². The number of nitrogens with zero attached hydrogens (tertiary/aromatic N) is 2. The average molecular weight is 646 g/mol. The molecule has 46 heavy (non-hydrogen) atoms. The monoisotopic (exact) mass is 645 g/mol. The first kappa shape index (κ1) is 34.6. The van der Waals surface area contributed by atoms with Gasteiger partial charge in [-0.3, -0.25) is 24.2 Å². The smallest absolute Gasteiger partial charge is 0.270 e. The van der Waals surface area contributed by atoms with E-state index in [0.717, 1.165) is 16.7 Å². The van der Waals surface area contributed by atoms with Crippen LogP contribution in [-0.4, -0.2) is 73.5 Å². The highest BCUT2D eigenvalue weighted by atomic mass is 32.2. The number of rotatable bonds is 12. The number of thioether (sulfide) groups is 1. The van der Waals surface area contributed by atoms with Crippen LogP contribution in [0.5, 0.6) is 0 Å². The first-order valence-electron chi connectivity index (χ1n) is 15.4. The molecule has 0 saturated carbocycles. The van der Waals surface area contributed by atoms with Crippen LogP contribution in [0.1, 0.15) is 54.9 Å². The molecule has 2 heterocycles. The van der Waals surface area contributed by atoms with Crippen molar-refractivity contribution in [3.05, 3.63) is 101 Å². The molecule has 0 spiro atoms. The fourth-order valence-corrected chi connectivity index (χ4v) is 6.61. The van der Waals surface area contributed by atoms with Crippen molar-refractivity contribution < 1.29 is 24.3 Å². The summed E-state index contributed by atoms with van der Waals surface area (Å²) in [4.78, 5) is 59.6. The van der Waals surface area contributed by atoms with Crippen LogP contribution in [0.2, 0.25) is 0 Å². The molecule has 0 radical (unpaired) electrons. The van der Waals surface area contributed by atoms with E-state index in [1.54, 1.807) is 32.0 Å². The quantitative estimate of drug-likeness (QED) is 0.237. The summed E-state index contributed by atoms with van der Waals surface area (Å²) in [6, 6.07) is 19.0. The van der Waals surface area contributed by atoms with Crippen molar-refractivity contribution in [2.75, 3.05) is 5.88 Å². The molecule has 3 aromatic rings. The first-order chi connectivity index (χ1) is 21.9. The standard InChI is InChI=1S/C35H43N5O5S/c1-22(2)28(39-31(42)26-17-11-12-18-36-26)32(43)38-27(19-24-14-7-6-8-15-24)29(41)34(45)40-21-46-35(4,5)30(40)33(44)37-20-25-16-10-9-13-23(25)3/h6-18,22,27-30,41H,19-21H2,1-5H3,(H,37,44)(H,38,43)(H,39,42)/t27-,28?,29-,30+/m0/s1. The van der Waals surface area contributed by atoms with Crippen LogP contribution >= 0.6 is 11.8 Å². The first-order valence-corrected chi connectivity index (χ1v) is 16.4. The van der Waals surface area contributed by atoms with Gasteiger partial charge in [0.1, 0.15) is 17.8 Å². The molecule has 1 unspecified atom stereocenters. The molecule has 4 rings (SSSR count). The zero-order valence-corrected chi connectivity index (χ0v) is 27.7. The van der Waals surface area contributed by atoms with Crippen molar-refractivity contribution >= 4 is 35.4 Å². The number of amides is 4. The number of carbonyl (C=O) groups excluding carboxylic acids is 4. The Morgan fingerprint density at radius 3 is 2.30 bits per heavy atom. The molecule has 1 saturated heterocycles. The van der Waals surface area contributed by atoms with E-state index in [4.69, 9.17) is 0 Å². The van der Waals surface area contributed by atoms with E-state index in [0.29, 0.717) is 6.54 Å². The third-order valence-electron chi connectivity index (χ3n) is 8.19. The van der Waals surface area contributed by atoms with Crippen LogP contribution in [-0.2, 0) is 27.3 Å². The molecule has 10 nitrogen and oxygen atoms in total. The number of aliphatic hydroxyl groups excluding tert-OH is 1. The largest absolute Gasteiger partial charge is 0.381 e. The SMILES string of the molecule is Cc1ccccc1CNC(=O)[C@H]1N(C(=O)[C@@H](O)[C@H](Cc2ccccc2)NC(=O)C(NC(=O)c2ccccn2)C(C)C)CSC1(C)C. The number of nitrogens with one attached hydrogen (secondary N) is 3. The van der Waals surface area contributed by atoms with Crippen molar-refractivity contribution in [2.24, 2.45) is 5.92 Å². The molecule has 244 valence electrons. The highest BCUT2D eigenvalue weighted by molar-refractivity contribution is 8.00. The lowest BCUT2D eigenvalue weighted by Crippen LogP contribution is -2.60. The van der Waals surface area contributed by atoms with Crippen LogP contribution in [0.15, 0.2) is 79.0 Å². The highest BCUT2D eigenvalue weighted by Crippen LogP contribution is 2.40. The number of hydrogen-bond donors (Lipinski definition) is 4. The zero-order valence-electron chi connectivity index (χ0n) is 26.9. The maximum atomic E-state index is 14.0. The Balaban J connectivity index is 1.54. The van der Waals surface area contributed by atoms with Gasteiger partial charge in [-0.2, -0.15) is 0 Å². The van der Waals surface area contributed by atoms with Gasteiger partial charge >= 0.3 is 0 Å². The molecule has 4 N–H and O–H groups in total. The lowest BCUT2D eigenvalue weighted by molar-refractivity contribution is -0.148. The normalized spacial score (nSPS) is 17.5. The molecular formula is C35H43N5O5S. The number of aromatic nitrogens is 1. The van der Waals surface area contributed by atoms with Gasteiger partial charge < -0.3 is 26.0 Å². The molecule has 1 aliphatic rings. The van der Waals surface area contributed by atoms with Crippen LogP contribution in [0.3, 0.4) is 0 Å². The lowest BCUT2D eigenvalue weighted by Gasteiger charge is -2.34. The van der Waals surface area contributed by atoms with Gasteiger partial charge in [0.2, 0.25) is 11.8 Å². The number of aryl methyl sites for hydroxylation is 1. The third-order valence-corrected chi connectivity index (χ3v) is 9.56. The topological polar surface area (TPSA) is 141 Å². The molecule has 0 aliphatic carbocycles. The molecule has 0 bridgehead atoms. The van der Waals surface area contributed by atoms with Crippen LogP contribution in [0.25, 0.3) is 0 Å². The second-order valence-corrected chi connectivity index (χ2v) is 14.0. The van der Waals surface area contributed by atoms with Crippen molar-refractivity contribution in [3.63, 3.8) is 0 Å². The third kappa shape index (κ3) is 8.52. The predicted molar refractivity (Wildman–Crippen MR) is 179 cm³/mol. The molecule has 4 amide bonds. The van der Waals surface area contributed by atoms with Gasteiger partial charge in [-0.1, -0.05) is 74.5 Å². The summed E-state index contributed by atoms with van der Waals surface area (Å²) in [5.74, 6) is -2.15. The van der Waals surface area contributed by atoms with Crippen molar-refractivity contribution in [2.45, 2.75) is 76.6 Å². The minimum Gasteiger partial charge on any atom is -0.381 e. The minimum atomic E-state index is -1.66. The summed E-state index contributed by atoms with van der Waals surface area (Å²) >= 11 is 1.45. The molecule has 11 heteroatoms. The molecule has 1 aromatic heterocycles. The van der Waals surface area contributed by atoms with E-state index in [9.17, 15) is 24.3 Å². The summed E-state index contributed by atoms with van der Waals surface area (Å²) in [6.45, 7) is 9.66. The molecular weight excluding hydrogens is 602 g/mol. The van der Waals surface area contributed by atoms with Gasteiger partial charge in [-0.05, 0) is 61.9 Å². The second kappa shape index (κ2) is 15.4. The summed E-state index contributed by atoms with van der Waals surface area (Å²) in [5.41, 5.74) is 2.97. The van der Waals surface area contributed by atoms with Gasteiger partial charge in [0.15, 0.2) is 6.10 Å². The Hall–Kier alpha value is -4.22. The number of aliphatic hydroxyl groups is 1. The summed E-state index contributed by atoms with van der Waals surface area (Å²) < 4.78 is -0.623. The Kier molecular flexibility index (Phi) is 11.6. The Morgan fingerprint density at radius 2 is 1.65 bits per heavy atom. The number of benzene rings is 2. The Labute approximate surface area is 274 Å². The molecule has 1 aliphatic heterocycles. The van der Waals surface area contributed by atoms with Gasteiger partial charge in [0.25, 0.3) is 11.8 Å². The maximum Gasteiger partial charge on any atom is 0.270 e. The van der Waals surface area contributed by atoms with E-state index in [2.05, 4.69) is 20.9 Å². The van der Waals surface area contributed by atoms with Crippen molar-refractivity contribution in [1.82, 2.24) is 25.8 Å². The lowest BCUT2D eigenvalue weighted by atomic mass is 9.96. The van der Waals surface area contributed by atoms with Gasteiger partial charge in [0.05, 0.1) is 11.9 Å². The van der Waals surface area contributed by atoms with Crippen molar-refractivity contribution in [3.8, 4) is 0 Å². The van der Waals surface area contributed by atoms with Gasteiger partial charge in [0, 0.05) is 17.5 Å². The van der Waals surface area contributed by atoms with Gasteiger partial charge in [-0.25, -0.2) is 0 Å². The maximum absolute atomic E-state index is 14.0. The van der Waals surface area contributed by atoms with E-state index < -0.39 is 46.7 Å². The van der Waals surface area contributed by atoms with E-state index in [1.165, 1.54) is 22.9 Å². The number of hydrogen-bond acceptors (Lipinski definition) is 7. The zero-order chi connectivity index (χ0) is 33.4. The second-order valence-electron chi connectivity index (χ2n) is 12.4. The van der Waals surface area contributed by atoms with E-state index >= 15 is 0 Å². The molecule has 1 fully saturated rings. The van der Waals surface area contributed by atoms with Crippen LogP contribution < -0.4 is 16.0 Å². The Bertz CT molecular complexity index is 1520. The number of carbonyl (C=O) groups is 4. The van der Waals surface area contributed by atoms with Crippen LogP contribution in [0.4, 0.5) is 0 Å². The molecule has 4 atom stereocenters. The predicted octanol–water partition coefficient (Wildman–Crippen LogP) is 3.23. The average Bonchev–Trinajstić information content (AvgIpc) is 3.37. The van der Waals surface area contributed by atoms with Gasteiger partial charge in [-0.15, -0.1) is 11.8 Å².